The summed E-state index contributed by atoms with van der Waals surface area (Å²) < 4.78 is 0. The van der Waals surface area contributed by atoms with Crippen molar-refractivity contribution in [2.45, 2.75) is 0 Å². The first-order valence-corrected chi connectivity index (χ1v) is 11.5. The molecule has 1 N–H and O–H groups in total. The third-order valence-electron chi connectivity index (χ3n) is 6.03. The molecule has 0 radical (unpaired) electrons. The van der Waals surface area contributed by atoms with Crippen LogP contribution in [0.5, 0.6) is 5.75 Å². The summed E-state index contributed by atoms with van der Waals surface area (Å²) in [5.41, 5.74) is 6.27. The zero-order chi connectivity index (χ0) is 23.5. The van der Waals surface area contributed by atoms with Crippen LogP contribution in [0.25, 0.3) is 51.9 Å². The van der Waals surface area contributed by atoms with Gasteiger partial charge in [-0.25, -0.2) is 0 Å². The predicted molar refractivity (Wildman–Crippen MR) is 149 cm³/mol. The lowest BCUT2D eigenvalue weighted by atomic mass is 10.0. The van der Waals surface area contributed by atoms with Gasteiger partial charge in [0.15, 0.2) is 0 Å². The van der Waals surface area contributed by atoms with Crippen molar-refractivity contribution in [2.75, 3.05) is 0 Å². The second-order valence-electron chi connectivity index (χ2n) is 8.16. The molecule has 5 aromatic rings. The molecule has 2 aliphatic rings. The van der Waals surface area contributed by atoms with Gasteiger partial charge in [0.1, 0.15) is 5.75 Å². The Kier molecular flexibility index (Phi) is 6.03. The van der Waals surface area contributed by atoms with Crippen molar-refractivity contribution < 1.29 is 5.11 Å². The SMILES string of the molecule is C1=Cc2cccc3cccc1c23.C=Cc1ccc(O)cc1.Clc1ccc2c3c(cccc13)C=C2. The van der Waals surface area contributed by atoms with Crippen LogP contribution in [-0.2, 0) is 0 Å². The summed E-state index contributed by atoms with van der Waals surface area (Å²) in [5, 5.41) is 14.8. The maximum atomic E-state index is 8.82. The molecule has 0 heterocycles. The number of aromatic hydroxyl groups is 1. The summed E-state index contributed by atoms with van der Waals surface area (Å²) in [6, 6.07) is 30.0. The Bertz CT molecular complexity index is 1520. The highest BCUT2D eigenvalue weighted by Gasteiger charge is 2.10. The Labute approximate surface area is 204 Å². The Hall–Kier alpha value is -4.07. The Balaban J connectivity index is 0.000000108. The standard InChI is InChI=1S/C12H7Cl.C12H8.C8H8O/c13-11-7-6-9-5-4-8-2-1-3-10(11)12(8)9;1-3-9-4-2-6-11-8-7-10(5-1)12(9)11;1-2-7-3-5-8(9)6-4-7/h1-7H;1-8H;2-6,9H,1H2. The first-order valence-electron chi connectivity index (χ1n) is 11.1. The summed E-state index contributed by atoms with van der Waals surface area (Å²) in [6.45, 7) is 3.58. The van der Waals surface area contributed by atoms with Gasteiger partial charge in [-0.15, -0.1) is 0 Å². The molecule has 0 fully saturated rings. The highest BCUT2D eigenvalue weighted by Crippen LogP contribution is 2.34. The molecular weight excluding hydrogens is 436 g/mol. The minimum atomic E-state index is 0.292. The van der Waals surface area contributed by atoms with Crippen molar-refractivity contribution in [3.05, 3.63) is 130 Å². The van der Waals surface area contributed by atoms with Gasteiger partial charge in [0.05, 0.1) is 0 Å². The summed E-state index contributed by atoms with van der Waals surface area (Å²) in [5.74, 6) is 0.292. The van der Waals surface area contributed by atoms with E-state index in [0.29, 0.717) is 5.75 Å². The lowest BCUT2D eigenvalue weighted by Crippen LogP contribution is -1.78. The third-order valence-corrected chi connectivity index (χ3v) is 6.36. The van der Waals surface area contributed by atoms with E-state index >= 15 is 0 Å². The number of rotatable bonds is 1. The lowest BCUT2D eigenvalue weighted by Gasteiger charge is -2.02. The van der Waals surface area contributed by atoms with Gasteiger partial charge >= 0.3 is 0 Å². The van der Waals surface area contributed by atoms with Crippen molar-refractivity contribution in [1.29, 1.82) is 0 Å². The van der Waals surface area contributed by atoms with E-state index in [-0.39, 0.29) is 0 Å². The Morgan fingerprint density at radius 2 is 1.12 bits per heavy atom. The van der Waals surface area contributed by atoms with Crippen molar-refractivity contribution in [2.24, 2.45) is 0 Å². The Morgan fingerprint density at radius 1 is 0.588 bits per heavy atom. The molecule has 5 aromatic carbocycles. The predicted octanol–water partition coefficient (Wildman–Crippen LogP) is 9.34. The van der Waals surface area contributed by atoms with Gasteiger partial charge in [0, 0.05) is 10.4 Å². The summed E-state index contributed by atoms with van der Waals surface area (Å²) in [6.07, 6.45) is 10.4. The molecule has 0 spiro atoms. The fourth-order valence-corrected chi connectivity index (χ4v) is 4.57. The van der Waals surface area contributed by atoms with Crippen LogP contribution in [0.3, 0.4) is 0 Å². The van der Waals surface area contributed by atoms with Crippen molar-refractivity contribution in [3.63, 3.8) is 0 Å². The zero-order valence-electron chi connectivity index (χ0n) is 18.6. The molecule has 0 aliphatic heterocycles. The van der Waals surface area contributed by atoms with Gasteiger partial charge < -0.3 is 5.11 Å². The minimum absolute atomic E-state index is 0.292. The number of hydrogen-bond acceptors (Lipinski definition) is 1. The van der Waals surface area contributed by atoms with Crippen LogP contribution in [0.2, 0.25) is 5.02 Å². The average Bonchev–Trinajstić information content (AvgIpc) is 3.50. The van der Waals surface area contributed by atoms with Gasteiger partial charge in [-0.2, -0.15) is 0 Å². The van der Waals surface area contributed by atoms with Crippen molar-refractivity contribution in [3.8, 4) is 5.75 Å². The van der Waals surface area contributed by atoms with E-state index in [2.05, 4.69) is 85.5 Å². The smallest absolute Gasteiger partial charge is 0.115 e. The van der Waals surface area contributed by atoms with E-state index in [9.17, 15) is 0 Å². The highest BCUT2D eigenvalue weighted by molar-refractivity contribution is 6.36. The largest absolute Gasteiger partial charge is 0.508 e. The van der Waals surface area contributed by atoms with Gasteiger partial charge in [-0.1, -0.05) is 121 Å². The van der Waals surface area contributed by atoms with Crippen molar-refractivity contribution in [1.82, 2.24) is 0 Å². The van der Waals surface area contributed by atoms with Crippen molar-refractivity contribution >= 4 is 63.5 Å². The second kappa shape index (κ2) is 9.43. The van der Waals surface area contributed by atoms with Gasteiger partial charge in [0.25, 0.3) is 0 Å². The average molecular weight is 459 g/mol. The van der Waals surface area contributed by atoms with Crippen LogP contribution >= 0.6 is 11.6 Å². The molecule has 34 heavy (non-hydrogen) atoms. The van der Waals surface area contributed by atoms with E-state index in [4.69, 9.17) is 16.7 Å². The lowest BCUT2D eigenvalue weighted by molar-refractivity contribution is 0.475. The quantitative estimate of drug-likeness (QED) is 0.260. The first kappa shape index (κ1) is 21.8. The van der Waals surface area contributed by atoms with E-state index in [1.165, 1.54) is 38.4 Å². The first-order chi connectivity index (χ1) is 16.6. The van der Waals surface area contributed by atoms with Crippen LogP contribution in [-0.4, -0.2) is 5.11 Å². The summed E-state index contributed by atoms with van der Waals surface area (Å²) in [4.78, 5) is 0. The highest BCUT2D eigenvalue weighted by atomic mass is 35.5. The minimum Gasteiger partial charge on any atom is -0.508 e. The van der Waals surface area contributed by atoms with E-state index in [1.807, 2.05) is 24.3 Å². The third kappa shape index (κ3) is 4.26. The number of hydrogen-bond donors (Lipinski definition) is 1. The van der Waals surface area contributed by atoms with Crippen LogP contribution in [0, 0.1) is 0 Å². The maximum absolute atomic E-state index is 8.82. The zero-order valence-corrected chi connectivity index (χ0v) is 19.3. The normalized spacial score (nSPS) is 11.7. The molecule has 0 bridgehead atoms. The summed E-state index contributed by atoms with van der Waals surface area (Å²) >= 11 is 6.10. The van der Waals surface area contributed by atoms with Crippen LogP contribution in [0.15, 0.2) is 97.6 Å². The van der Waals surface area contributed by atoms with Crippen LogP contribution in [0.1, 0.15) is 27.8 Å². The van der Waals surface area contributed by atoms with E-state index in [1.54, 1.807) is 18.2 Å². The molecule has 0 saturated carbocycles. The van der Waals surface area contributed by atoms with Gasteiger partial charge in [-0.05, 0) is 62.2 Å². The second-order valence-corrected chi connectivity index (χ2v) is 8.57. The molecule has 1 nitrogen and oxygen atoms in total. The Morgan fingerprint density at radius 3 is 1.71 bits per heavy atom. The number of halogens is 1. The van der Waals surface area contributed by atoms with Crippen LogP contribution < -0.4 is 0 Å². The fraction of sp³-hybridized carbons (Fsp3) is 0. The molecular formula is C32H23ClO. The summed E-state index contributed by atoms with van der Waals surface area (Å²) in [7, 11) is 0. The number of phenols is 1. The molecule has 0 aromatic heterocycles. The maximum Gasteiger partial charge on any atom is 0.115 e. The fourth-order valence-electron chi connectivity index (χ4n) is 4.35. The molecule has 0 saturated heterocycles. The van der Waals surface area contributed by atoms with E-state index in [0.717, 1.165) is 16.0 Å². The molecule has 164 valence electrons. The number of benzene rings is 5. The molecule has 0 amide bonds. The number of phenolic OH excluding ortho intramolecular Hbond substituents is 1. The topological polar surface area (TPSA) is 20.2 Å². The molecule has 2 heteroatoms. The molecule has 0 unspecified atom stereocenters. The molecule has 2 aliphatic carbocycles. The van der Waals surface area contributed by atoms with Gasteiger partial charge in [0.2, 0.25) is 0 Å². The van der Waals surface area contributed by atoms with E-state index < -0.39 is 0 Å². The van der Waals surface area contributed by atoms with Gasteiger partial charge in [-0.3, -0.25) is 0 Å². The molecule has 7 rings (SSSR count). The van der Waals surface area contributed by atoms with Crippen LogP contribution in [0.4, 0.5) is 0 Å². The monoisotopic (exact) mass is 458 g/mol. The molecule has 0 atom stereocenters.